The van der Waals surface area contributed by atoms with Gasteiger partial charge in [0.2, 0.25) is 10.0 Å². The third-order valence-electron chi connectivity index (χ3n) is 3.99. The van der Waals surface area contributed by atoms with Gasteiger partial charge in [-0.2, -0.15) is 0 Å². The number of halogens is 1. The Labute approximate surface area is 162 Å². The van der Waals surface area contributed by atoms with Gasteiger partial charge in [-0.05, 0) is 42.5 Å². The Morgan fingerprint density at radius 1 is 0.929 bits per heavy atom. The molecule has 1 amide bonds. The molecule has 0 aliphatic rings. The molecular formula is C20H18FN3O3S. The third-order valence-corrected chi connectivity index (χ3v) is 5.41. The van der Waals surface area contributed by atoms with E-state index in [-0.39, 0.29) is 23.5 Å². The molecule has 0 aliphatic heterocycles. The molecule has 0 fully saturated rings. The van der Waals surface area contributed by atoms with E-state index >= 15 is 0 Å². The minimum Gasteiger partial charge on any atom is -0.348 e. The molecule has 8 heteroatoms. The highest BCUT2D eigenvalue weighted by atomic mass is 32.2. The lowest BCUT2D eigenvalue weighted by Gasteiger charge is -2.09. The van der Waals surface area contributed by atoms with E-state index < -0.39 is 21.7 Å². The van der Waals surface area contributed by atoms with E-state index in [0.717, 1.165) is 0 Å². The Morgan fingerprint density at radius 2 is 1.64 bits per heavy atom. The summed E-state index contributed by atoms with van der Waals surface area (Å²) < 4.78 is 40.8. The van der Waals surface area contributed by atoms with Gasteiger partial charge < -0.3 is 5.32 Å². The molecule has 1 heterocycles. The van der Waals surface area contributed by atoms with Crippen molar-refractivity contribution in [2.45, 2.75) is 18.0 Å². The zero-order chi connectivity index (χ0) is 20.0. The summed E-state index contributed by atoms with van der Waals surface area (Å²) in [7, 11) is -3.73. The number of carbonyl (C=O) groups excluding carboxylic acids is 1. The molecule has 28 heavy (non-hydrogen) atoms. The molecule has 0 bridgehead atoms. The molecule has 0 radical (unpaired) electrons. The molecule has 0 saturated heterocycles. The highest BCUT2D eigenvalue weighted by Gasteiger charge is 2.15. The van der Waals surface area contributed by atoms with Crippen LogP contribution in [0.2, 0.25) is 0 Å². The second-order valence-electron chi connectivity index (χ2n) is 5.94. The number of benzene rings is 2. The van der Waals surface area contributed by atoms with Gasteiger partial charge in [0.05, 0.1) is 17.1 Å². The Bertz CT molecular complexity index is 1060. The molecule has 2 aromatic carbocycles. The van der Waals surface area contributed by atoms with Gasteiger partial charge in [-0.3, -0.25) is 9.78 Å². The maximum atomic E-state index is 13.6. The summed E-state index contributed by atoms with van der Waals surface area (Å²) in [6.45, 7) is 0.102. The first-order chi connectivity index (χ1) is 13.5. The summed E-state index contributed by atoms with van der Waals surface area (Å²) in [4.78, 5) is 16.3. The zero-order valence-corrected chi connectivity index (χ0v) is 15.6. The summed E-state index contributed by atoms with van der Waals surface area (Å²) >= 11 is 0. The Morgan fingerprint density at radius 3 is 2.32 bits per heavy atom. The lowest BCUT2D eigenvalue weighted by atomic mass is 10.2. The number of amides is 1. The standard InChI is InChI=1S/C20H18FN3O3S/c21-19-7-2-1-5-16(19)13-23-20(25)15-8-10-18(11-9-15)28(26,27)24-14-17-6-3-4-12-22-17/h1-12,24H,13-14H2,(H,23,25). The van der Waals surface area contributed by atoms with E-state index in [2.05, 4.69) is 15.0 Å². The zero-order valence-electron chi connectivity index (χ0n) is 14.8. The number of carbonyl (C=O) groups is 1. The summed E-state index contributed by atoms with van der Waals surface area (Å²) in [6, 6.07) is 16.9. The first-order valence-corrected chi connectivity index (χ1v) is 9.95. The fourth-order valence-electron chi connectivity index (χ4n) is 2.46. The second-order valence-corrected chi connectivity index (χ2v) is 7.71. The van der Waals surface area contributed by atoms with Gasteiger partial charge in [-0.25, -0.2) is 17.5 Å². The van der Waals surface area contributed by atoms with E-state index in [1.165, 1.54) is 30.3 Å². The highest BCUT2D eigenvalue weighted by molar-refractivity contribution is 7.89. The summed E-state index contributed by atoms with van der Waals surface area (Å²) in [5.41, 5.74) is 1.24. The van der Waals surface area contributed by atoms with Crippen molar-refractivity contribution in [2.24, 2.45) is 0 Å². The maximum absolute atomic E-state index is 13.6. The van der Waals surface area contributed by atoms with Crippen LogP contribution in [-0.2, 0) is 23.1 Å². The Kier molecular flexibility index (Phi) is 6.13. The fourth-order valence-corrected chi connectivity index (χ4v) is 3.46. The molecule has 144 valence electrons. The number of pyridine rings is 1. The predicted octanol–water partition coefficient (Wildman–Crippen LogP) is 2.63. The molecular weight excluding hydrogens is 381 g/mol. The van der Waals surface area contributed by atoms with E-state index in [1.54, 1.807) is 42.6 Å². The molecule has 0 unspecified atom stereocenters. The van der Waals surface area contributed by atoms with Gasteiger partial charge in [0, 0.05) is 23.9 Å². The smallest absolute Gasteiger partial charge is 0.251 e. The monoisotopic (exact) mass is 399 g/mol. The van der Waals surface area contributed by atoms with E-state index in [4.69, 9.17) is 0 Å². The van der Waals surface area contributed by atoms with E-state index in [9.17, 15) is 17.6 Å². The summed E-state index contributed by atoms with van der Waals surface area (Å²) in [5.74, 6) is -0.822. The van der Waals surface area contributed by atoms with Crippen LogP contribution < -0.4 is 10.0 Å². The number of nitrogens with one attached hydrogen (secondary N) is 2. The largest absolute Gasteiger partial charge is 0.348 e. The normalized spacial score (nSPS) is 11.2. The van der Waals surface area contributed by atoms with Gasteiger partial charge in [0.15, 0.2) is 0 Å². The number of nitrogens with zero attached hydrogens (tertiary/aromatic N) is 1. The van der Waals surface area contributed by atoms with Crippen LogP contribution in [0, 0.1) is 5.82 Å². The second kappa shape index (κ2) is 8.73. The predicted molar refractivity (Wildman–Crippen MR) is 102 cm³/mol. The highest BCUT2D eigenvalue weighted by Crippen LogP contribution is 2.12. The number of sulfonamides is 1. The third kappa shape index (κ3) is 4.99. The van der Waals surface area contributed by atoms with Crippen LogP contribution in [0.4, 0.5) is 4.39 Å². The number of hydrogen-bond donors (Lipinski definition) is 2. The average Bonchev–Trinajstić information content (AvgIpc) is 2.72. The topological polar surface area (TPSA) is 88.2 Å². The van der Waals surface area contributed by atoms with Gasteiger partial charge in [-0.15, -0.1) is 0 Å². The summed E-state index contributed by atoms with van der Waals surface area (Å²) in [6.07, 6.45) is 1.58. The van der Waals surface area contributed by atoms with Crippen LogP contribution in [0.5, 0.6) is 0 Å². The van der Waals surface area contributed by atoms with Crippen molar-refractivity contribution in [1.29, 1.82) is 0 Å². The lowest BCUT2D eigenvalue weighted by Crippen LogP contribution is -2.25. The average molecular weight is 399 g/mol. The molecule has 3 aromatic rings. The van der Waals surface area contributed by atoms with Crippen LogP contribution in [-0.4, -0.2) is 19.3 Å². The van der Waals surface area contributed by atoms with E-state index in [1.807, 2.05) is 0 Å². The van der Waals surface area contributed by atoms with Gasteiger partial charge in [0.1, 0.15) is 5.82 Å². The van der Waals surface area contributed by atoms with Gasteiger partial charge in [0.25, 0.3) is 5.91 Å². The lowest BCUT2D eigenvalue weighted by molar-refractivity contribution is 0.0950. The first kappa shape index (κ1) is 19.7. The van der Waals surface area contributed by atoms with Gasteiger partial charge in [-0.1, -0.05) is 24.3 Å². The maximum Gasteiger partial charge on any atom is 0.251 e. The van der Waals surface area contributed by atoms with Crippen molar-refractivity contribution < 1.29 is 17.6 Å². The first-order valence-electron chi connectivity index (χ1n) is 8.47. The van der Waals surface area contributed by atoms with Crippen molar-refractivity contribution in [1.82, 2.24) is 15.0 Å². The Balaban J connectivity index is 1.62. The van der Waals surface area contributed by atoms with Crippen LogP contribution >= 0.6 is 0 Å². The molecule has 1 aromatic heterocycles. The van der Waals surface area contributed by atoms with Crippen LogP contribution in [0.3, 0.4) is 0 Å². The molecule has 0 saturated carbocycles. The molecule has 6 nitrogen and oxygen atoms in total. The van der Waals surface area contributed by atoms with Crippen molar-refractivity contribution in [2.75, 3.05) is 0 Å². The summed E-state index contributed by atoms with van der Waals surface area (Å²) in [5, 5.41) is 2.61. The minimum atomic E-state index is -3.73. The van der Waals surface area contributed by atoms with Crippen LogP contribution in [0.15, 0.2) is 77.8 Å². The molecule has 0 aliphatic carbocycles. The molecule has 0 spiro atoms. The Hall–Kier alpha value is -3.10. The number of aromatic nitrogens is 1. The molecule has 0 atom stereocenters. The van der Waals surface area contributed by atoms with Crippen molar-refractivity contribution in [3.8, 4) is 0 Å². The SMILES string of the molecule is O=C(NCc1ccccc1F)c1ccc(S(=O)(=O)NCc2ccccn2)cc1. The number of rotatable bonds is 7. The fraction of sp³-hybridized carbons (Fsp3) is 0.100. The van der Waals surface area contributed by atoms with Crippen molar-refractivity contribution in [3.63, 3.8) is 0 Å². The minimum absolute atomic E-state index is 0.0362. The van der Waals surface area contributed by atoms with Crippen molar-refractivity contribution in [3.05, 3.63) is 95.6 Å². The molecule has 2 N–H and O–H groups in total. The quantitative estimate of drug-likeness (QED) is 0.639. The van der Waals surface area contributed by atoms with Gasteiger partial charge >= 0.3 is 0 Å². The van der Waals surface area contributed by atoms with Crippen LogP contribution in [0.25, 0.3) is 0 Å². The van der Waals surface area contributed by atoms with E-state index in [0.29, 0.717) is 11.3 Å². The molecule has 3 rings (SSSR count). The van der Waals surface area contributed by atoms with Crippen molar-refractivity contribution >= 4 is 15.9 Å². The number of hydrogen-bond acceptors (Lipinski definition) is 4. The van der Waals surface area contributed by atoms with Crippen LogP contribution in [0.1, 0.15) is 21.6 Å².